The van der Waals surface area contributed by atoms with Crippen molar-refractivity contribution in [2.24, 2.45) is 5.92 Å². The normalized spacial score (nSPS) is 30.8. The van der Waals surface area contributed by atoms with E-state index in [4.69, 9.17) is 5.11 Å². The fourth-order valence-electron chi connectivity index (χ4n) is 3.25. The average Bonchev–Trinajstić information content (AvgIpc) is 2.43. The number of aliphatic carboxylic acids is 1. The number of carbonyl (C=O) groups is 2. The van der Waals surface area contributed by atoms with E-state index < -0.39 is 5.97 Å². The first-order valence-corrected chi connectivity index (χ1v) is 9.04. The number of carboxylic acids is 1. The number of hydrogen-bond donors (Lipinski definition) is 2. The summed E-state index contributed by atoms with van der Waals surface area (Å²) in [5, 5.41) is 12.1. The molecule has 2 fully saturated rings. The van der Waals surface area contributed by atoms with E-state index in [-0.39, 0.29) is 18.4 Å². The van der Waals surface area contributed by atoms with Crippen molar-refractivity contribution in [1.82, 2.24) is 10.2 Å². The van der Waals surface area contributed by atoms with Crippen molar-refractivity contribution in [3.63, 3.8) is 0 Å². The van der Waals surface area contributed by atoms with Crippen LogP contribution in [0.2, 0.25) is 0 Å². The molecular formula is C15H26N2O3S. The Morgan fingerprint density at radius 1 is 1.33 bits per heavy atom. The van der Waals surface area contributed by atoms with E-state index in [0.717, 1.165) is 24.5 Å². The minimum atomic E-state index is -0.784. The number of carbonyl (C=O) groups excluding carboxylic acids is 1. The minimum absolute atomic E-state index is 0.0178. The molecule has 5 nitrogen and oxygen atoms in total. The first kappa shape index (κ1) is 16.6. The Bertz CT molecular complexity index is 378. The van der Waals surface area contributed by atoms with Crippen LogP contribution in [-0.4, -0.2) is 58.6 Å². The molecule has 0 radical (unpaired) electrons. The van der Waals surface area contributed by atoms with Crippen LogP contribution >= 0.6 is 11.8 Å². The van der Waals surface area contributed by atoms with Gasteiger partial charge in [0.25, 0.3) is 0 Å². The van der Waals surface area contributed by atoms with Crippen molar-refractivity contribution in [3.05, 3.63) is 0 Å². The molecule has 1 heterocycles. The van der Waals surface area contributed by atoms with Gasteiger partial charge < -0.3 is 10.4 Å². The Morgan fingerprint density at radius 2 is 2.10 bits per heavy atom. The lowest BCUT2D eigenvalue weighted by molar-refractivity contribution is -0.139. The molecule has 1 amide bonds. The van der Waals surface area contributed by atoms with Crippen molar-refractivity contribution < 1.29 is 14.7 Å². The number of rotatable bonds is 5. The minimum Gasteiger partial charge on any atom is -0.481 e. The van der Waals surface area contributed by atoms with Gasteiger partial charge in [-0.3, -0.25) is 14.5 Å². The van der Waals surface area contributed by atoms with Gasteiger partial charge in [0.15, 0.2) is 0 Å². The maximum atomic E-state index is 12.2. The van der Waals surface area contributed by atoms with Crippen LogP contribution in [0.5, 0.6) is 0 Å². The van der Waals surface area contributed by atoms with Gasteiger partial charge in [0.05, 0.1) is 13.0 Å². The Balaban J connectivity index is 1.83. The van der Waals surface area contributed by atoms with Crippen LogP contribution in [-0.2, 0) is 9.59 Å². The predicted octanol–water partition coefficient (Wildman–Crippen LogP) is 1.57. The van der Waals surface area contributed by atoms with Crippen molar-refractivity contribution in [1.29, 1.82) is 0 Å². The van der Waals surface area contributed by atoms with Gasteiger partial charge in [-0.2, -0.15) is 11.8 Å². The monoisotopic (exact) mass is 314 g/mol. The second-order valence-corrected chi connectivity index (χ2v) is 7.38. The SMILES string of the molecule is CC1CCCCC1NC(=O)CN1CCSCC1CC(=O)O. The molecule has 6 heteroatoms. The molecule has 1 saturated carbocycles. The molecule has 0 bridgehead atoms. The Hall–Kier alpha value is -0.750. The molecule has 2 N–H and O–H groups in total. The summed E-state index contributed by atoms with van der Waals surface area (Å²) < 4.78 is 0. The highest BCUT2D eigenvalue weighted by Crippen LogP contribution is 2.24. The quantitative estimate of drug-likeness (QED) is 0.806. The molecule has 1 saturated heterocycles. The standard InChI is InChI=1S/C15H26N2O3S/c1-11-4-2-3-5-13(11)16-14(18)9-17-6-7-21-10-12(17)8-15(19)20/h11-13H,2-10H2,1H3,(H,16,18)(H,19,20). The summed E-state index contributed by atoms with van der Waals surface area (Å²) in [6, 6.07) is 0.277. The molecule has 1 aliphatic heterocycles. The van der Waals surface area contributed by atoms with Crippen LogP contribution in [0.15, 0.2) is 0 Å². The maximum Gasteiger partial charge on any atom is 0.304 e. The van der Waals surface area contributed by atoms with Crippen molar-refractivity contribution >= 4 is 23.6 Å². The van der Waals surface area contributed by atoms with Gasteiger partial charge in [-0.15, -0.1) is 0 Å². The first-order valence-electron chi connectivity index (χ1n) is 7.89. The first-order chi connectivity index (χ1) is 10.1. The Labute approximate surface area is 130 Å². The van der Waals surface area contributed by atoms with Crippen molar-refractivity contribution in [3.8, 4) is 0 Å². The fraction of sp³-hybridized carbons (Fsp3) is 0.867. The lowest BCUT2D eigenvalue weighted by Crippen LogP contribution is -2.51. The third kappa shape index (κ3) is 5.18. The molecule has 2 rings (SSSR count). The van der Waals surface area contributed by atoms with E-state index in [1.165, 1.54) is 19.3 Å². The van der Waals surface area contributed by atoms with E-state index in [0.29, 0.717) is 18.5 Å². The average molecular weight is 314 g/mol. The largest absolute Gasteiger partial charge is 0.481 e. The van der Waals surface area contributed by atoms with Crippen LogP contribution in [0.4, 0.5) is 0 Å². The van der Waals surface area contributed by atoms with Gasteiger partial charge in [-0.1, -0.05) is 19.8 Å². The third-order valence-electron chi connectivity index (χ3n) is 4.56. The lowest BCUT2D eigenvalue weighted by Gasteiger charge is -2.35. The summed E-state index contributed by atoms with van der Waals surface area (Å²) in [7, 11) is 0. The second-order valence-electron chi connectivity index (χ2n) is 6.23. The molecular weight excluding hydrogens is 288 g/mol. The number of thioether (sulfide) groups is 1. The predicted molar refractivity (Wildman–Crippen MR) is 84.5 cm³/mol. The smallest absolute Gasteiger partial charge is 0.304 e. The van der Waals surface area contributed by atoms with E-state index in [1.807, 2.05) is 4.90 Å². The van der Waals surface area contributed by atoms with Crippen LogP contribution in [0, 0.1) is 5.92 Å². The summed E-state index contributed by atoms with van der Waals surface area (Å²) in [6.45, 7) is 3.34. The van der Waals surface area contributed by atoms with Gasteiger partial charge in [0.2, 0.25) is 5.91 Å². The van der Waals surface area contributed by atoms with Crippen LogP contribution in [0.25, 0.3) is 0 Å². The zero-order chi connectivity index (χ0) is 15.2. The Morgan fingerprint density at radius 3 is 2.81 bits per heavy atom. The summed E-state index contributed by atoms with van der Waals surface area (Å²) in [5.41, 5.74) is 0. The van der Waals surface area contributed by atoms with Gasteiger partial charge in [-0.25, -0.2) is 0 Å². The van der Waals surface area contributed by atoms with Gasteiger partial charge in [-0.05, 0) is 18.8 Å². The summed E-state index contributed by atoms with van der Waals surface area (Å²) >= 11 is 1.78. The summed E-state index contributed by atoms with van der Waals surface area (Å²) in [5.74, 6) is 1.60. The fourth-order valence-corrected chi connectivity index (χ4v) is 4.39. The molecule has 21 heavy (non-hydrogen) atoms. The molecule has 3 atom stereocenters. The molecule has 1 aliphatic carbocycles. The van der Waals surface area contributed by atoms with Crippen LogP contribution < -0.4 is 5.32 Å². The number of hydrogen-bond acceptors (Lipinski definition) is 4. The molecule has 3 unspecified atom stereocenters. The Kier molecular flexibility index (Phi) is 6.36. The molecule has 120 valence electrons. The summed E-state index contributed by atoms with van der Waals surface area (Å²) in [4.78, 5) is 25.2. The topological polar surface area (TPSA) is 69.6 Å². The number of amides is 1. The summed E-state index contributed by atoms with van der Waals surface area (Å²) in [6.07, 6.45) is 4.84. The van der Waals surface area contributed by atoms with Gasteiger partial charge in [0, 0.05) is 30.1 Å². The molecule has 0 aromatic heterocycles. The molecule has 0 spiro atoms. The third-order valence-corrected chi connectivity index (χ3v) is 5.66. The maximum absolute atomic E-state index is 12.2. The zero-order valence-electron chi connectivity index (χ0n) is 12.7. The number of nitrogens with one attached hydrogen (secondary N) is 1. The van der Waals surface area contributed by atoms with E-state index >= 15 is 0 Å². The highest BCUT2D eigenvalue weighted by molar-refractivity contribution is 7.99. The van der Waals surface area contributed by atoms with E-state index in [2.05, 4.69) is 12.2 Å². The van der Waals surface area contributed by atoms with Gasteiger partial charge >= 0.3 is 5.97 Å². The van der Waals surface area contributed by atoms with Crippen molar-refractivity contribution in [2.45, 2.75) is 51.1 Å². The molecule has 0 aromatic carbocycles. The van der Waals surface area contributed by atoms with Crippen LogP contribution in [0.1, 0.15) is 39.0 Å². The van der Waals surface area contributed by atoms with E-state index in [1.54, 1.807) is 11.8 Å². The number of nitrogens with zero attached hydrogens (tertiary/aromatic N) is 1. The van der Waals surface area contributed by atoms with Crippen LogP contribution in [0.3, 0.4) is 0 Å². The van der Waals surface area contributed by atoms with E-state index in [9.17, 15) is 9.59 Å². The molecule has 2 aliphatic rings. The zero-order valence-corrected chi connectivity index (χ0v) is 13.5. The highest BCUT2D eigenvalue weighted by Gasteiger charge is 2.28. The second kappa shape index (κ2) is 8.03. The van der Waals surface area contributed by atoms with Crippen molar-refractivity contribution in [2.75, 3.05) is 24.6 Å². The molecule has 0 aromatic rings. The number of carboxylic acid groups (broad SMARTS) is 1. The van der Waals surface area contributed by atoms with Gasteiger partial charge in [0.1, 0.15) is 0 Å². The lowest BCUT2D eigenvalue weighted by atomic mass is 9.86. The highest BCUT2D eigenvalue weighted by atomic mass is 32.2.